The van der Waals surface area contributed by atoms with Gasteiger partial charge in [-0.05, 0) is 46.6 Å². The summed E-state index contributed by atoms with van der Waals surface area (Å²) in [6.45, 7) is 7.85. The van der Waals surface area contributed by atoms with Crippen LogP contribution in [0.3, 0.4) is 0 Å². The van der Waals surface area contributed by atoms with Crippen LogP contribution in [0.4, 0.5) is 0 Å². The molecule has 0 bridgehead atoms. The van der Waals surface area contributed by atoms with E-state index in [0.29, 0.717) is 6.04 Å². The van der Waals surface area contributed by atoms with Crippen LogP contribution >= 0.6 is 0 Å². The molecule has 1 aliphatic heterocycles. The van der Waals surface area contributed by atoms with E-state index < -0.39 is 0 Å². The van der Waals surface area contributed by atoms with Crippen molar-refractivity contribution in [2.75, 3.05) is 13.2 Å². The zero-order valence-electron chi connectivity index (χ0n) is 9.55. The van der Waals surface area contributed by atoms with E-state index in [9.17, 15) is 0 Å². The van der Waals surface area contributed by atoms with Crippen molar-refractivity contribution in [3.05, 3.63) is 0 Å². The predicted molar refractivity (Wildman–Crippen MR) is 57.4 cm³/mol. The third-order valence-corrected chi connectivity index (χ3v) is 2.69. The third kappa shape index (κ3) is 4.40. The van der Waals surface area contributed by atoms with Crippen LogP contribution in [-0.4, -0.2) is 36.0 Å². The Kier molecular flexibility index (Phi) is 4.35. The van der Waals surface area contributed by atoms with Gasteiger partial charge >= 0.3 is 0 Å². The van der Waals surface area contributed by atoms with E-state index in [0.717, 1.165) is 32.4 Å². The van der Waals surface area contributed by atoms with Crippen LogP contribution < -0.4 is 5.32 Å². The Labute approximate surface area is 86.8 Å². The summed E-state index contributed by atoms with van der Waals surface area (Å²) in [5, 5.41) is 12.6. The molecule has 1 aliphatic rings. The lowest BCUT2D eigenvalue weighted by molar-refractivity contribution is -0.0629. The molecular weight excluding hydrogens is 178 g/mol. The summed E-state index contributed by atoms with van der Waals surface area (Å²) < 4.78 is 5.63. The van der Waals surface area contributed by atoms with E-state index in [2.05, 4.69) is 19.2 Å². The van der Waals surface area contributed by atoms with Crippen molar-refractivity contribution in [2.24, 2.45) is 0 Å². The van der Waals surface area contributed by atoms with E-state index in [4.69, 9.17) is 9.84 Å². The quantitative estimate of drug-likeness (QED) is 0.720. The second-order valence-electron chi connectivity index (χ2n) is 4.89. The minimum absolute atomic E-state index is 0.0146. The van der Waals surface area contributed by atoms with Gasteiger partial charge in [0.25, 0.3) is 0 Å². The zero-order chi connectivity index (χ0) is 10.6. The normalized spacial score (nSPS) is 28.7. The van der Waals surface area contributed by atoms with Crippen molar-refractivity contribution in [3.63, 3.8) is 0 Å². The van der Waals surface area contributed by atoms with Crippen LogP contribution in [0.5, 0.6) is 0 Å². The Morgan fingerprint density at radius 2 is 2.29 bits per heavy atom. The Hall–Kier alpha value is -0.120. The van der Waals surface area contributed by atoms with Crippen molar-refractivity contribution >= 4 is 0 Å². The predicted octanol–water partition coefficient (Wildman–Crippen LogP) is 1.30. The summed E-state index contributed by atoms with van der Waals surface area (Å²) in [4.78, 5) is 0. The molecule has 2 unspecified atom stereocenters. The Bertz CT molecular complexity index is 169. The summed E-state index contributed by atoms with van der Waals surface area (Å²) in [5.41, 5.74) is 0.0146. The van der Waals surface area contributed by atoms with Gasteiger partial charge in [-0.1, -0.05) is 0 Å². The second-order valence-corrected chi connectivity index (χ2v) is 4.89. The topological polar surface area (TPSA) is 41.5 Å². The van der Waals surface area contributed by atoms with E-state index >= 15 is 0 Å². The number of hydrogen-bond donors (Lipinski definition) is 2. The van der Waals surface area contributed by atoms with Gasteiger partial charge in [-0.2, -0.15) is 0 Å². The Balaban J connectivity index is 2.18. The van der Waals surface area contributed by atoms with Gasteiger partial charge in [0.1, 0.15) is 0 Å². The highest BCUT2D eigenvalue weighted by molar-refractivity contribution is 4.82. The fourth-order valence-electron chi connectivity index (χ4n) is 1.90. The molecule has 1 saturated heterocycles. The minimum Gasteiger partial charge on any atom is -0.393 e. The van der Waals surface area contributed by atoms with Gasteiger partial charge in [-0.3, -0.25) is 0 Å². The van der Waals surface area contributed by atoms with Crippen LogP contribution in [-0.2, 0) is 4.74 Å². The lowest BCUT2D eigenvalue weighted by Crippen LogP contribution is -2.44. The standard InChI is InChI=1S/C11H23NO2/c1-9(13)4-6-12-10-5-7-14-11(2,3)8-10/h9-10,12-13H,4-8H2,1-3H3. The van der Waals surface area contributed by atoms with Crippen LogP contribution in [0.15, 0.2) is 0 Å². The van der Waals surface area contributed by atoms with E-state index in [-0.39, 0.29) is 11.7 Å². The molecule has 0 spiro atoms. The van der Waals surface area contributed by atoms with Crippen molar-refractivity contribution < 1.29 is 9.84 Å². The maximum Gasteiger partial charge on any atom is 0.0641 e. The number of ether oxygens (including phenoxy) is 1. The minimum atomic E-state index is -0.199. The lowest BCUT2D eigenvalue weighted by Gasteiger charge is -2.36. The average Bonchev–Trinajstić information content (AvgIpc) is 2.01. The monoisotopic (exact) mass is 201 g/mol. The summed E-state index contributed by atoms with van der Waals surface area (Å²) >= 11 is 0. The molecule has 3 nitrogen and oxygen atoms in total. The first kappa shape index (κ1) is 12.0. The first-order valence-corrected chi connectivity index (χ1v) is 5.55. The van der Waals surface area contributed by atoms with Crippen molar-refractivity contribution in [1.82, 2.24) is 5.32 Å². The van der Waals surface area contributed by atoms with Gasteiger partial charge in [0.2, 0.25) is 0 Å². The number of aliphatic hydroxyl groups is 1. The first-order valence-electron chi connectivity index (χ1n) is 5.55. The van der Waals surface area contributed by atoms with Crippen molar-refractivity contribution in [2.45, 2.75) is 57.8 Å². The van der Waals surface area contributed by atoms with E-state index in [1.54, 1.807) is 0 Å². The van der Waals surface area contributed by atoms with E-state index in [1.807, 2.05) is 6.92 Å². The molecule has 84 valence electrons. The van der Waals surface area contributed by atoms with Gasteiger partial charge in [0, 0.05) is 12.6 Å². The van der Waals surface area contributed by atoms with Gasteiger partial charge in [0.15, 0.2) is 0 Å². The molecule has 0 aromatic rings. The number of rotatable bonds is 4. The summed E-state index contributed by atoms with van der Waals surface area (Å²) in [6, 6.07) is 0.553. The smallest absolute Gasteiger partial charge is 0.0641 e. The average molecular weight is 201 g/mol. The summed E-state index contributed by atoms with van der Waals surface area (Å²) in [7, 11) is 0. The SMILES string of the molecule is CC(O)CCNC1CCOC(C)(C)C1. The molecule has 1 fully saturated rings. The fourth-order valence-corrected chi connectivity index (χ4v) is 1.90. The van der Waals surface area contributed by atoms with Gasteiger partial charge < -0.3 is 15.2 Å². The molecule has 1 heterocycles. The largest absolute Gasteiger partial charge is 0.393 e. The molecular formula is C11H23NO2. The Morgan fingerprint density at radius 3 is 2.86 bits per heavy atom. The van der Waals surface area contributed by atoms with Crippen LogP contribution in [0.2, 0.25) is 0 Å². The highest BCUT2D eigenvalue weighted by atomic mass is 16.5. The highest BCUT2D eigenvalue weighted by Crippen LogP contribution is 2.23. The molecule has 1 rings (SSSR count). The van der Waals surface area contributed by atoms with Crippen LogP contribution in [0, 0.1) is 0 Å². The number of hydrogen-bond acceptors (Lipinski definition) is 3. The van der Waals surface area contributed by atoms with Crippen molar-refractivity contribution in [1.29, 1.82) is 0 Å². The molecule has 2 atom stereocenters. The van der Waals surface area contributed by atoms with Crippen molar-refractivity contribution in [3.8, 4) is 0 Å². The molecule has 0 aliphatic carbocycles. The molecule has 14 heavy (non-hydrogen) atoms. The second kappa shape index (κ2) is 5.10. The molecule has 0 amide bonds. The van der Waals surface area contributed by atoms with E-state index in [1.165, 1.54) is 0 Å². The van der Waals surface area contributed by atoms with Gasteiger partial charge in [0.05, 0.1) is 11.7 Å². The molecule has 0 aromatic heterocycles. The first-order chi connectivity index (χ1) is 6.49. The van der Waals surface area contributed by atoms with Crippen LogP contribution in [0.1, 0.15) is 40.0 Å². The summed E-state index contributed by atoms with van der Waals surface area (Å²) in [5.74, 6) is 0. The zero-order valence-corrected chi connectivity index (χ0v) is 9.55. The van der Waals surface area contributed by atoms with Crippen LogP contribution in [0.25, 0.3) is 0 Å². The number of nitrogens with one attached hydrogen (secondary N) is 1. The Morgan fingerprint density at radius 1 is 1.57 bits per heavy atom. The maximum absolute atomic E-state index is 9.12. The van der Waals surface area contributed by atoms with Gasteiger partial charge in [-0.25, -0.2) is 0 Å². The third-order valence-electron chi connectivity index (χ3n) is 2.69. The maximum atomic E-state index is 9.12. The molecule has 0 aromatic carbocycles. The highest BCUT2D eigenvalue weighted by Gasteiger charge is 2.28. The molecule has 0 radical (unpaired) electrons. The molecule has 0 saturated carbocycles. The lowest BCUT2D eigenvalue weighted by atomic mass is 9.94. The molecule has 2 N–H and O–H groups in total. The van der Waals surface area contributed by atoms with Gasteiger partial charge in [-0.15, -0.1) is 0 Å². The summed E-state index contributed by atoms with van der Waals surface area (Å²) in [6.07, 6.45) is 2.78. The fraction of sp³-hybridized carbons (Fsp3) is 1.00. The molecule has 3 heteroatoms. The number of aliphatic hydroxyl groups excluding tert-OH is 1.